The highest BCUT2D eigenvalue weighted by atomic mass is 16.3. The Morgan fingerprint density at radius 2 is 2.08 bits per heavy atom. The van der Waals surface area contributed by atoms with Gasteiger partial charge in [0.2, 0.25) is 0 Å². The molecule has 1 aromatic heterocycles. The highest BCUT2D eigenvalue weighted by Crippen LogP contribution is 2.26. The summed E-state index contributed by atoms with van der Waals surface area (Å²) in [6, 6.07) is 12.7. The van der Waals surface area contributed by atoms with Crippen molar-refractivity contribution in [3.8, 4) is 17.0 Å². The molecule has 0 saturated carbocycles. The number of hydrogen-bond donors (Lipinski definition) is 2. The molecule has 1 aliphatic heterocycles. The van der Waals surface area contributed by atoms with Gasteiger partial charge in [-0.05, 0) is 49.6 Å². The number of rotatable bonds is 3. The van der Waals surface area contributed by atoms with E-state index in [0.717, 1.165) is 35.6 Å². The first kappa shape index (κ1) is 16.4. The summed E-state index contributed by atoms with van der Waals surface area (Å²) in [5.74, 6) is 0.787. The van der Waals surface area contributed by atoms with E-state index in [0.29, 0.717) is 5.69 Å². The maximum atomic E-state index is 12.5. The number of aryl methyl sites for hydroxylation is 3. The van der Waals surface area contributed by atoms with Crippen LogP contribution in [0.5, 0.6) is 5.75 Å². The molecule has 0 unspecified atom stereocenters. The first-order valence-electron chi connectivity index (χ1n) is 8.87. The number of imidazole rings is 1. The molecule has 132 valence electrons. The molecule has 0 fully saturated rings. The van der Waals surface area contributed by atoms with Gasteiger partial charge in [-0.2, -0.15) is 0 Å². The zero-order valence-electron chi connectivity index (χ0n) is 14.7. The highest BCUT2D eigenvalue weighted by Gasteiger charge is 2.15. The number of phenols is 1. The third-order valence-corrected chi connectivity index (χ3v) is 4.72. The van der Waals surface area contributed by atoms with Crippen molar-refractivity contribution in [3.05, 3.63) is 65.6 Å². The van der Waals surface area contributed by atoms with Gasteiger partial charge in [0.1, 0.15) is 11.6 Å². The van der Waals surface area contributed by atoms with Crippen molar-refractivity contribution in [3.63, 3.8) is 0 Å². The number of nitrogens with one attached hydrogen (secondary N) is 1. The van der Waals surface area contributed by atoms with Gasteiger partial charge in [-0.15, -0.1) is 0 Å². The normalized spacial score (nSPS) is 13.3. The number of aromatic hydroxyl groups is 1. The van der Waals surface area contributed by atoms with Crippen molar-refractivity contribution in [1.29, 1.82) is 0 Å². The monoisotopic (exact) mass is 347 g/mol. The number of hydrogen-bond acceptors (Lipinski definition) is 3. The predicted octanol–water partition coefficient (Wildman–Crippen LogP) is 4.15. The molecule has 2 heterocycles. The molecule has 0 aliphatic carbocycles. The van der Waals surface area contributed by atoms with Crippen molar-refractivity contribution >= 4 is 11.6 Å². The summed E-state index contributed by atoms with van der Waals surface area (Å²) < 4.78 is 2.22. The summed E-state index contributed by atoms with van der Waals surface area (Å²) in [7, 11) is 0. The van der Waals surface area contributed by atoms with E-state index in [2.05, 4.69) is 16.1 Å². The van der Waals surface area contributed by atoms with Crippen molar-refractivity contribution in [2.24, 2.45) is 0 Å². The summed E-state index contributed by atoms with van der Waals surface area (Å²) in [5, 5.41) is 12.8. The number of nitrogens with zero attached hydrogens (tertiary/aromatic N) is 2. The molecule has 26 heavy (non-hydrogen) atoms. The second-order valence-electron chi connectivity index (χ2n) is 6.75. The van der Waals surface area contributed by atoms with Crippen LogP contribution in [0.3, 0.4) is 0 Å². The van der Waals surface area contributed by atoms with Crippen LogP contribution in [0.25, 0.3) is 11.3 Å². The van der Waals surface area contributed by atoms with E-state index in [4.69, 9.17) is 4.98 Å². The number of carbonyl (C=O) groups is 1. The minimum Gasteiger partial charge on any atom is -0.507 e. The van der Waals surface area contributed by atoms with Crippen LogP contribution in [-0.2, 0) is 13.0 Å². The van der Waals surface area contributed by atoms with Crippen LogP contribution in [0.2, 0.25) is 0 Å². The molecule has 2 aromatic carbocycles. The van der Waals surface area contributed by atoms with Crippen LogP contribution in [0.4, 0.5) is 5.69 Å². The third kappa shape index (κ3) is 3.20. The largest absolute Gasteiger partial charge is 0.507 e. The number of anilines is 1. The topological polar surface area (TPSA) is 67.2 Å². The van der Waals surface area contributed by atoms with E-state index in [1.807, 2.05) is 31.2 Å². The number of carbonyl (C=O) groups excluding carboxylic acids is 1. The van der Waals surface area contributed by atoms with E-state index < -0.39 is 0 Å². The molecule has 5 nitrogen and oxygen atoms in total. The Balaban J connectivity index is 1.58. The van der Waals surface area contributed by atoms with Crippen molar-refractivity contribution < 1.29 is 9.90 Å². The Kier molecular flexibility index (Phi) is 4.21. The summed E-state index contributed by atoms with van der Waals surface area (Å²) in [5.41, 5.74) is 3.75. The Bertz CT molecular complexity index is 952. The van der Waals surface area contributed by atoms with E-state index in [1.54, 1.807) is 18.2 Å². The molecule has 1 amide bonds. The van der Waals surface area contributed by atoms with Gasteiger partial charge in [0.25, 0.3) is 5.91 Å². The first-order valence-corrected chi connectivity index (χ1v) is 8.87. The minimum atomic E-state index is -0.330. The van der Waals surface area contributed by atoms with Gasteiger partial charge >= 0.3 is 0 Å². The Hall–Kier alpha value is -3.08. The summed E-state index contributed by atoms with van der Waals surface area (Å²) in [6.45, 7) is 2.89. The number of fused-ring (bicyclic) bond motifs is 1. The fourth-order valence-corrected chi connectivity index (χ4v) is 3.34. The van der Waals surface area contributed by atoms with Crippen LogP contribution < -0.4 is 5.32 Å². The Morgan fingerprint density at radius 1 is 1.19 bits per heavy atom. The molecule has 5 heteroatoms. The summed E-state index contributed by atoms with van der Waals surface area (Å²) in [4.78, 5) is 17.2. The smallest absolute Gasteiger partial charge is 0.259 e. The standard InChI is InChI=1S/C21H21N3O2/c1-14-8-9-17(19(25)11-14)21(26)22-16-6-4-5-15(12-16)18-13-24-10-3-2-7-20(24)23-18/h4-6,8-9,11-13,25H,2-3,7,10H2,1H3,(H,22,26). The lowest BCUT2D eigenvalue weighted by atomic mass is 10.1. The van der Waals surface area contributed by atoms with Crippen LogP contribution >= 0.6 is 0 Å². The van der Waals surface area contributed by atoms with Gasteiger partial charge in [0, 0.05) is 30.4 Å². The maximum absolute atomic E-state index is 12.5. The van der Waals surface area contributed by atoms with Crippen LogP contribution in [0, 0.1) is 6.92 Å². The molecule has 0 bridgehead atoms. The number of aromatic nitrogens is 2. The van der Waals surface area contributed by atoms with E-state index in [9.17, 15) is 9.90 Å². The average Bonchev–Trinajstić information content (AvgIpc) is 3.06. The molecule has 4 rings (SSSR count). The second-order valence-corrected chi connectivity index (χ2v) is 6.75. The van der Waals surface area contributed by atoms with Crippen molar-refractivity contribution in [1.82, 2.24) is 9.55 Å². The lowest BCUT2D eigenvalue weighted by Crippen LogP contribution is -2.12. The Labute approximate surface area is 152 Å². The van der Waals surface area contributed by atoms with E-state index in [-0.39, 0.29) is 17.2 Å². The van der Waals surface area contributed by atoms with E-state index >= 15 is 0 Å². The lowest BCUT2D eigenvalue weighted by Gasteiger charge is -2.11. The fourth-order valence-electron chi connectivity index (χ4n) is 3.34. The molecule has 0 radical (unpaired) electrons. The average molecular weight is 347 g/mol. The quantitative estimate of drug-likeness (QED) is 0.748. The molecule has 3 aromatic rings. The van der Waals surface area contributed by atoms with Crippen LogP contribution in [0.1, 0.15) is 34.6 Å². The predicted molar refractivity (Wildman–Crippen MR) is 101 cm³/mol. The van der Waals surface area contributed by atoms with Crippen LogP contribution in [0.15, 0.2) is 48.7 Å². The molecule has 0 spiro atoms. The van der Waals surface area contributed by atoms with Crippen molar-refractivity contribution in [2.45, 2.75) is 32.7 Å². The molecular weight excluding hydrogens is 326 g/mol. The molecule has 2 N–H and O–H groups in total. The van der Waals surface area contributed by atoms with Crippen LogP contribution in [-0.4, -0.2) is 20.6 Å². The molecule has 0 saturated heterocycles. The van der Waals surface area contributed by atoms with E-state index in [1.165, 1.54) is 12.8 Å². The number of benzene rings is 2. The zero-order valence-corrected chi connectivity index (χ0v) is 14.7. The molecule has 1 aliphatic rings. The molecular formula is C21H21N3O2. The van der Waals surface area contributed by atoms with Crippen molar-refractivity contribution in [2.75, 3.05) is 5.32 Å². The number of amides is 1. The zero-order chi connectivity index (χ0) is 18.1. The van der Waals surface area contributed by atoms with Gasteiger partial charge in [0.15, 0.2) is 0 Å². The molecule has 0 atom stereocenters. The Morgan fingerprint density at radius 3 is 2.88 bits per heavy atom. The summed E-state index contributed by atoms with van der Waals surface area (Å²) >= 11 is 0. The van der Waals surface area contributed by atoms with Gasteiger partial charge in [-0.25, -0.2) is 4.98 Å². The number of phenolic OH excluding ortho intramolecular Hbond substituents is 1. The minimum absolute atomic E-state index is 0.0135. The van der Waals surface area contributed by atoms with Gasteiger partial charge < -0.3 is 15.0 Å². The summed E-state index contributed by atoms with van der Waals surface area (Å²) in [6.07, 6.45) is 5.48. The maximum Gasteiger partial charge on any atom is 0.259 e. The third-order valence-electron chi connectivity index (χ3n) is 4.72. The lowest BCUT2D eigenvalue weighted by molar-refractivity contribution is 0.102. The van der Waals surface area contributed by atoms with Gasteiger partial charge in [-0.1, -0.05) is 18.2 Å². The fraction of sp³-hybridized carbons (Fsp3) is 0.238. The van der Waals surface area contributed by atoms with Gasteiger partial charge in [-0.3, -0.25) is 4.79 Å². The first-order chi connectivity index (χ1) is 12.6. The highest BCUT2D eigenvalue weighted by molar-refractivity contribution is 6.06. The SMILES string of the molecule is Cc1ccc(C(=O)Nc2cccc(-c3cn4c(n3)CCCC4)c2)c(O)c1. The second kappa shape index (κ2) is 6.67. The van der Waals surface area contributed by atoms with Gasteiger partial charge in [0.05, 0.1) is 11.3 Å².